The fourth-order valence-electron chi connectivity index (χ4n) is 5.74. The van der Waals surface area contributed by atoms with Gasteiger partial charge in [-0.1, -0.05) is 0 Å². The second-order valence-electron chi connectivity index (χ2n) is 12.4. The van der Waals surface area contributed by atoms with Gasteiger partial charge in [-0.05, 0) is 37.1 Å². The molecule has 5 heterocycles. The number of nitrogens with one attached hydrogen (secondary N) is 1. The maximum absolute atomic E-state index is 12.5. The summed E-state index contributed by atoms with van der Waals surface area (Å²) in [4.78, 5) is 66.8. The second kappa shape index (κ2) is 15.2. The summed E-state index contributed by atoms with van der Waals surface area (Å²) in [6, 6.07) is 3.30. The number of H-pyrrole nitrogens is 1. The van der Waals surface area contributed by atoms with Gasteiger partial charge in [-0.25, -0.2) is 33.9 Å². The van der Waals surface area contributed by atoms with Crippen LogP contribution in [0.2, 0.25) is 0 Å². The SMILES string of the molecule is Cc1cc2nc3c(=O)[nH]c(=O)nc-3n(CC(O)C(O)C(O)COP(=O)(O)OP(=O)(O)OC[C@H]3O[C@@H](Cn4cnc5c(N)ncnc54)[C@@H](O)C3O)c2cc1C. The predicted molar refractivity (Wildman–Crippen MR) is 182 cm³/mol. The number of anilines is 1. The minimum atomic E-state index is -5.53. The van der Waals surface area contributed by atoms with Gasteiger partial charge in [-0.15, -0.1) is 0 Å². The summed E-state index contributed by atoms with van der Waals surface area (Å²) < 4.78 is 46.9. The number of rotatable bonds is 14. The minimum Gasteiger partial charge on any atom is -0.388 e. The number of fused-ring (bicyclic) bond motifs is 3. The molecule has 6 rings (SSSR count). The lowest BCUT2D eigenvalue weighted by Crippen LogP contribution is -2.42. The molecule has 0 aliphatic carbocycles. The third kappa shape index (κ3) is 8.25. The first-order valence-electron chi connectivity index (χ1n) is 15.9. The number of hydrogen-bond donors (Lipinski definition) is 9. The fourth-order valence-corrected chi connectivity index (χ4v) is 7.84. The van der Waals surface area contributed by atoms with Crippen molar-refractivity contribution in [3.05, 3.63) is 56.8 Å². The Morgan fingerprint density at radius 3 is 2.39 bits per heavy atom. The highest BCUT2D eigenvalue weighted by Crippen LogP contribution is 2.60. The Bertz CT molecular complexity index is 2370. The van der Waals surface area contributed by atoms with E-state index in [4.69, 9.17) is 15.0 Å². The Kier molecular flexibility index (Phi) is 11.1. The summed E-state index contributed by atoms with van der Waals surface area (Å²) >= 11 is 0. The molecule has 3 aromatic rings. The van der Waals surface area contributed by atoms with Crippen LogP contribution >= 0.6 is 15.6 Å². The van der Waals surface area contributed by atoms with E-state index in [1.165, 1.54) is 21.8 Å². The van der Waals surface area contributed by atoms with E-state index >= 15 is 0 Å². The van der Waals surface area contributed by atoms with Gasteiger partial charge in [0.15, 0.2) is 23.0 Å². The Morgan fingerprint density at radius 1 is 0.963 bits per heavy atom. The van der Waals surface area contributed by atoms with Gasteiger partial charge in [-0.2, -0.15) is 9.29 Å². The van der Waals surface area contributed by atoms with Gasteiger partial charge in [0.05, 0.1) is 43.7 Å². The molecule has 0 spiro atoms. The number of aliphatic hydroxyl groups is 5. The van der Waals surface area contributed by atoms with Crippen LogP contribution in [0.25, 0.3) is 33.7 Å². The molecular weight excluding hydrogens is 764 g/mol. The van der Waals surface area contributed by atoms with Crippen molar-refractivity contribution in [2.24, 2.45) is 0 Å². The monoisotopic (exact) mass is 799 g/mol. The molecule has 0 amide bonds. The van der Waals surface area contributed by atoms with E-state index in [9.17, 15) is 54.0 Å². The standard InChI is InChI=1S/C28H35N9O15P2/c1-11-3-13-14(4-12(11)2)37(26-20(33-13)27(43)35-28(44)34-26)5-15(38)21(40)16(39)7-49-53(45,46)52-54(47,48)50-8-18-23(42)22(41)17(51-18)6-36-10-32-19-24(29)30-9-31-25(19)36/h3-4,9-10,15-18,21-23,38-42H,5-8H2,1-2H3,(H,45,46)(H,47,48)(H2,29,30,31)(H,35,43,44)/t15?,16?,17-,18+,21?,22+,23?/m0/s1. The van der Waals surface area contributed by atoms with Crippen molar-refractivity contribution in [1.82, 2.24) is 39.0 Å². The van der Waals surface area contributed by atoms with Gasteiger partial charge in [0.1, 0.15) is 54.6 Å². The lowest BCUT2D eigenvalue weighted by atomic mass is 10.1. The number of nitrogens with two attached hydrogens (primary N) is 1. The maximum atomic E-state index is 12.5. The summed E-state index contributed by atoms with van der Waals surface area (Å²) in [5.74, 6) is -0.132. The molecule has 26 heteroatoms. The summed E-state index contributed by atoms with van der Waals surface area (Å²) in [5, 5.41) is 53.0. The number of aromatic amines is 1. The Hall–Kier alpha value is -4.13. The number of aryl methyl sites for hydroxylation is 2. The largest absolute Gasteiger partial charge is 0.481 e. The van der Waals surface area contributed by atoms with Crippen molar-refractivity contribution >= 4 is 43.7 Å². The average Bonchev–Trinajstić information content (AvgIpc) is 3.63. The molecule has 0 saturated carbocycles. The number of nitrogens with zero attached hydrogens (tertiary/aromatic N) is 7. The van der Waals surface area contributed by atoms with Crippen molar-refractivity contribution in [3.8, 4) is 11.5 Å². The van der Waals surface area contributed by atoms with Crippen LogP contribution in [0.1, 0.15) is 11.1 Å². The molecule has 6 unspecified atom stereocenters. The van der Waals surface area contributed by atoms with Crippen LogP contribution in [0, 0.1) is 13.8 Å². The highest BCUT2D eigenvalue weighted by atomic mass is 31.3. The summed E-state index contributed by atoms with van der Waals surface area (Å²) in [5.41, 5.74) is 6.42. The smallest absolute Gasteiger partial charge is 0.388 e. The zero-order chi connectivity index (χ0) is 39.3. The van der Waals surface area contributed by atoms with E-state index in [-0.39, 0.29) is 34.9 Å². The third-order valence-electron chi connectivity index (χ3n) is 8.67. The van der Waals surface area contributed by atoms with Crippen LogP contribution in [-0.4, -0.2) is 130 Å². The quantitative estimate of drug-likeness (QED) is 0.0412. The van der Waals surface area contributed by atoms with Crippen LogP contribution < -0.4 is 17.0 Å². The van der Waals surface area contributed by atoms with E-state index in [2.05, 4.69) is 33.8 Å². The number of hydrogen-bond acceptors (Lipinski definition) is 19. The molecule has 3 aliphatic rings. The number of aliphatic hydroxyl groups excluding tert-OH is 5. The molecule has 9 atom stereocenters. The molecule has 1 fully saturated rings. The maximum Gasteiger partial charge on any atom is 0.481 e. The Morgan fingerprint density at radius 2 is 1.65 bits per heavy atom. The average molecular weight is 800 g/mol. The lowest BCUT2D eigenvalue weighted by molar-refractivity contribution is -0.0794. The number of aromatic nitrogens is 8. The van der Waals surface area contributed by atoms with Crippen LogP contribution in [0.3, 0.4) is 0 Å². The Labute approximate surface area is 302 Å². The highest BCUT2D eigenvalue weighted by Gasteiger charge is 2.45. The van der Waals surface area contributed by atoms with Crippen molar-refractivity contribution in [2.45, 2.75) is 69.7 Å². The van der Waals surface area contributed by atoms with E-state index in [0.717, 1.165) is 11.1 Å². The lowest BCUT2D eigenvalue weighted by Gasteiger charge is -2.26. The van der Waals surface area contributed by atoms with Crippen molar-refractivity contribution in [1.29, 1.82) is 0 Å². The van der Waals surface area contributed by atoms with Gasteiger partial charge in [0.2, 0.25) is 0 Å². The first kappa shape index (κ1) is 39.6. The molecule has 292 valence electrons. The molecule has 0 bridgehead atoms. The number of phosphoric ester groups is 2. The summed E-state index contributed by atoms with van der Waals surface area (Å²) in [7, 11) is -11.0. The second-order valence-corrected chi connectivity index (χ2v) is 15.5. The molecular formula is C28H35N9O15P2. The Balaban J connectivity index is 1.05. The normalized spacial score (nSPS) is 23.1. The van der Waals surface area contributed by atoms with Gasteiger partial charge in [-0.3, -0.25) is 18.8 Å². The first-order valence-corrected chi connectivity index (χ1v) is 18.9. The van der Waals surface area contributed by atoms with E-state index < -0.39 is 89.4 Å². The van der Waals surface area contributed by atoms with Crippen LogP contribution in [0.4, 0.5) is 5.82 Å². The summed E-state index contributed by atoms with van der Waals surface area (Å²) in [6.07, 6.45) is -9.24. The highest BCUT2D eigenvalue weighted by molar-refractivity contribution is 7.61. The molecule has 2 aromatic heterocycles. The minimum absolute atomic E-state index is 0.0942. The van der Waals surface area contributed by atoms with Gasteiger partial charge >= 0.3 is 21.3 Å². The molecule has 54 heavy (non-hydrogen) atoms. The number of ether oxygens (including phenoxy) is 1. The van der Waals surface area contributed by atoms with Gasteiger partial charge in [0, 0.05) is 0 Å². The predicted octanol–water partition coefficient (Wildman–Crippen LogP) is -2.55. The van der Waals surface area contributed by atoms with Gasteiger partial charge in [0.25, 0.3) is 5.56 Å². The first-order chi connectivity index (χ1) is 25.3. The number of benzene rings is 1. The number of phosphoric acid groups is 2. The number of imidazole rings is 1. The van der Waals surface area contributed by atoms with Crippen molar-refractivity contribution in [3.63, 3.8) is 0 Å². The van der Waals surface area contributed by atoms with E-state index in [1.54, 1.807) is 26.0 Å². The topological polar surface area (TPSA) is 363 Å². The zero-order valence-electron chi connectivity index (χ0n) is 28.2. The zero-order valence-corrected chi connectivity index (χ0v) is 30.0. The molecule has 1 aromatic carbocycles. The van der Waals surface area contributed by atoms with E-state index in [1.807, 2.05) is 4.98 Å². The summed E-state index contributed by atoms with van der Waals surface area (Å²) in [6.45, 7) is 0.752. The van der Waals surface area contributed by atoms with Crippen molar-refractivity contribution < 1.29 is 62.5 Å². The van der Waals surface area contributed by atoms with E-state index in [0.29, 0.717) is 11.2 Å². The van der Waals surface area contributed by atoms with Crippen LogP contribution in [-0.2, 0) is 40.3 Å². The van der Waals surface area contributed by atoms with Crippen LogP contribution in [0.15, 0.2) is 34.4 Å². The van der Waals surface area contributed by atoms with Gasteiger partial charge < -0.3 is 54.9 Å². The van der Waals surface area contributed by atoms with Crippen molar-refractivity contribution in [2.75, 3.05) is 18.9 Å². The molecule has 0 radical (unpaired) electrons. The molecule has 1 saturated heterocycles. The number of nitrogen functional groups attached to an aromatic ring is 1. The molecule has 3 aliphatic heterocycles. The van der Waals surface area contributed by atoms with Crippen LogP contribution in [0.5, 0.6) is 0 Å². The third-order valence-corrected chi connectivity index (χ3v) is 11.3. The molecule has 24 nitrogen and oxygen atoms in total. The fraction of sp³-hybridized carbons (Fsp3) is 0.464. The molecule has 10 N–H and O–H groups in total.